The zero-order chi connectivity index (χ0) is 13.8. The van der Waals surface area contributed by atoms with Crippen molar-refractivity contribution in [2.24, 2.45) is 5.73 Å². The van der Waals surface area contributed by atoms with Crippen molar-refractivity contribution in [2.75, 3.05) is 19.7 Å². The summed E-state index contributed by atoms with van der Waals surface area (Å²) in [6.07, 6.45) is 2.35. The first kappa shape index (κ1) is 15.3. The average Bonchev–Trinajstić information content (AvgIpc) is 2.85. The van der Waals surface area contributed by atoms with Crippen LogP contribution < -0.4 is 5.73 Å². The van der Waals surface area contributed by atoms with Crippen molar-refractivity contribution in [3.8, 4) is 0 Å². The molecule has 0 saturated carbocycles. The van der Waals surface area contributed by atoms with Gasteiger partial charge in [-0.15, -0.1) is 11.3 Å². The second-order valence-electron chi connectivity index (χ2n) is 5.05. The van der Waals surface area contributed by atoms with Gasteiger partial charge >= 0.3 is 0 Å². The SMILES string of the molecule is CCC1CN(C(c2ccc(Cl)s2)C(N)CC)CCO1. The van der Waals surface area contributed by atoms with Gasteiger partial charge in [0.05, 0.1) is 23.1 Å². The summed E-state index contributed by atoms with van der Waals surface area (Å²) in [7, 11) is 0. The Balaban J connectivity index is 2.17. The van der Waals surface area contributed by atoms with Gasteiger partial charge in [0.25, 0.3) is 0 Å². The molecule has 1 saturated heterocycles. The zero-order valence-corrected chi connectivity index (χ0v) is 13.2. The third kappa shape index (κ3) is 3.70. The molecule has 1 aromatic rings. The van der Waals surface area contributed by atoms with Crippen LogP contribution in [0.25, 0.3) is 0 Å². The summed E-state index contributed by atoms with van der Waals surface area (Å²) in [5.41, 5.74) is 6.36. The molecule has 19 heavy (non-hydrogen) atoms. The van der Waals surface area contributed by atoms with Gasteiger partial charge in [0.1, 0.15) is 0 Å². The summed E-state index contributed by atoms with van der Waals surface area (Å²) >= 11 is 7.73. The highest BCUT2D eigenvalue weighted by Crippen LogP contribution is 2.34. The first-order valence-corrected chi connectivity index (χ1v) is 8.21. The van der Waals surface area contributed by atoms with Crippen molar-refractivity contribution < 1.29 is 4.74 Å². The second-order valence-corrected chi connectivity index (χ2v) is 6.80. The molecule has 1 aromatic heterocycles. The smallest absolute Gasteiger partial charge is 0.0931 e. The van der Waals surface area contributed by atoms with Crippen LogP contribution in [-0.2, 0) is 4.74 Å². The summed E-state index contributed by atoms with van der Waals surface area (Å²) in [6.45, 7) is 7.02. The molecule has 1 fully saturated rings. The minimum absolute atomic E-state index is 0.144. The maximum atomic E-state index is 6.36. The van der Waals surface area contributed by atoms with Crippen molar-refractivity contribution in [1.82, 2.24) is 4.90 Å². The number of rotatable bonds is 5. The lowest BCUT2D eigenvalue weighted by atomic mass is 10.0. The van der Waals surface area contributed by atoms with E-state index >= 15 is 0 Å². The molecule has 2 N–H and O–H groups in total. The molecule has 2 rings (SSSR count). The molecule has 0 spiro atoms. The quantitative estimate of drug-likeness (QED) is 0.907. The van der Waals surface area contributed by atoms with E-state index in [9.17, 15) is 0 Å². The van der Waals surface area contributed by atoms with E-state index in [1.807, 2.05) is 6.07 Å². The number of nitrogens with zero attached hydrogens (tertiary/aromatic N) is 1. The highest BCUT2D eigenvalue weighted by molar-refractivity contribution is 7.16. The van der Waals surface area contributed by atoms with Gasteiger partial charge in [0, 0.05) is 24.0 Å². The Kier molecular flexibility index (Phi) is 5.66. The molecule has 0 bridgehead atoms. The standard InChI is InChI=1S/C14H23ClN2OS/c1-3-10-9-17(7-8-18-10)14(11(16)4-2)12-5-6-13(15)19-12/h5-6,10-11,14H,3-4,7-9,16H2,1-2H3. The van der Waals surface area contributed by atoms with E-state index in [1.54, 1.807) is 11.3 Å². The molecule has 3 atom stereocenters. The summed E-state index contributed by atoms with van der Waals surface area (Å²) in [6, 6.07) is 4.49. The topological polar surface area (TPSA) is 38.5 Å². The van der Waals surface area contributed by atoms with Crippen LogP contribution in [0.2, 0.25) is 4.34 Å². The van der Waals surface area contributed by atoms with Crippen LogP contribution in [0.3, 0.4) is 0 Å². The van der Waals surface area contributed by atoms with Crippen LogP contribution in [0, 0.1) is 0 Å². The Morgan fingerprint density at radius 3 is 2.89 bits per heavy atom. The fourth-order valence-corrected chi connectivity index (χ4v) is 3.89. The van der Waals surface area contributed by atoms with Crippen LogP contribution in [0.5, 0.6) is 0 Å². The molecule has 2 heterocycles. The Labute approximate surface area is 124 Å². The molecule has 5 heteroatoms. The summed E-state index contributed by atoms with van der Waals surface area (Å²) in [5.74, 6) is 0. The summed E-state index contributed by atoms with van der Waals surface area (Å²) < 4.78 is 6.59. The molecule has 0 amide bonds. The van der Waals surface area contributed by atoms with Crippen molar-refractivity contribution in [3.63, 3.8) is 0 Å². The van der Waals surface area contributed by atoms with Crippen molar-refractivity contribution in [3.05, 3.63) is 21.3 Å². The number of ether oxygens (including phenoxy) is 1. The number of nitrogens with two attached hydrogens (primary N) is 1. The number of hydrogen-bond acceptors (Lipinski definition) is 4. The van der Waals surface area contributed by atoms with Gasteiger partial charge in [-0.05, 0) is 25.0 Å². The Morgan fingerprint density at radius 1 is 1.53 bits per heavy atom. The van der Waals surface area contributed by atoms with E-state index in [0.29, 0.717) is 6.10 Å². The van der Waals surface area contributed by atoms with Gasteiger partial charge < -0.3 is 10.5 Å². The Hall–Kier alpha value is -0.130. The normalized spacial score (nSPS) is 24.3. The lowest BCUT2D eigenvalue weighted by molar-refractivity contribution is -0.0481. The van der Waals surface area contributed by atoms with Gasteiger partial charge in [0.15, 0.2) is 0 Å². The molecule has 1 aliphatic heterocycles. The van der Waals surface area contributed by atoms with Crippen LogP contribution in [0.1, 0.15) is 37.6 Å². The fourth-order valence-electron chi connectivity index (χ4n) is 2.61. The Bertz CT molecular complexity index is 399. The van der Waals surface area contributed by atoms with E-state index in [0.717, 1.165) is 36.9 Å². The van der Waals surface area contributed by atoms with E-state index in [4.69, 9.17) is 22.1 Å². The van der Waals surface area contributed by atoms with Crippen molar-refractivity contribution >= 4 is 22.9 Å². The molecule has 108 valence electrons. The van der Waals surface area contributed by atoms with Crippen LogP contribution in [0.4, 0.5) is 0 Å². The number of morpholine rings is 1. The van der Waals surface area contributed by atoms with Crippen LogP contribution >= 0.6 is 22.9 Å². The molecule has 0 aliphatic carbocycles. The van der Waals surface area contributed by atoms with Crippen LogP contribution in [-0.4, -0.2) is 36.7 Å². The largest absolute Gasteiger partial charge is 0.376 e. The third-order valence-corrected chi connectivity index (χ3v) is 5.08. The van der Waals surface area contributed by atoms with Gasteiger partial charge in [-0.3, -0.25) is 4.90 Å². The predicted octanol–water partition coefficient (Wildman–Crippen LogP) is 3.29. The molecular formula is C14H23ClN2OS. The monoisotopic (exact) mass is 302 g/mol. The predicted molar refractivity (Wildman–Crippen MR) is 81.9 cm³/mol. The zero-order valence-electron chi connectivity index (χ0n) is 11.6. The fraction of sp³-hybridized carbons (Fsp3) is 0.714. The van der Waals surface area contributed by atoms with Crippen molar-refractivity contribution in [1.29, 1.82) is 0 Å². The molecular weight excluding hydrogens is 280 g/mol. The van der Waals surface area contributed by atoms with Gasteiger partial charge in [0.2, 0.25) is 0 Å². The first-order valence-electron chi connectivity index (χ1n) is 7.02. The maximum Gasteiger partial charge on any atom is 0.0931 e. The van der Waals surface area contributed by atoms with Crippen molar-refractivity contribution in [2.45, 2.75) is 44.9 Å². The summed E-state index contributed by atoms with van der Waals surface area (Å²) in [4.78, 5) is 3.74. The van der Waals surface area contributed by atoms with E-state index in [-0.39, 0.29) is 12.1 Å². The number of thiophene rings is 1. The van der Waals surface area contributed by atoms with E-state index in [2.05, 4.69) is 24.8 Å². The number of hydrogen-bond donors (Lipinski definition) is 1. The second kappa shape index (κ2) is 7.04. The highest BCUT2D eigenvalue weighted by atomic mass is 35.5. The molecule has 3 unspecified atom stereocenters. The molecule has 1 aliphatic rings. The van der Waals surface area contributed by atoms with Gasteiger partial charge in [-0.2, -0.15) is 0 Å². The van der Waals surface area contributed by atoms with E-state index < -0.39 is 0 Å². The molecule has 0 aromatic carbocycles. The van der Waals surface area contributed by atoms with Crippen LogP contribution in [0.15, 0.2) is 12.1 Å². The molecule has 3 nitrogen and oxygen atoms in total. The third-order valence-electron chi connectivity index (χ3n) is 3.78. The lowest BCUT2D eigenvalue weighted by Crippen LogP contribution is -2.48. The minimum atomic E-state index is 0.144. The molecule has 0 radical (unpaired) electrons. The highest BCUT2D eigenvalue weighted by Gasteiger charge is 2.31. The summed E-state index contributed by atoms with van der Waals surface area (Å²) in [5, 5.41) is 0. The average molecular weight is 303 g/mol. The minimum Gasteiger partial charge on any atom is -0.376 e. The first-order chi connectivity index (χ1) is 9.15. The lowest BCUT2D eigenvalue weighted by Gasteiger charge is -2.40. The maximum absolute atomic E-state index is 6.36. The van der Waals surface area contributed by atoms with Gasteiger partial charge in [-0.1, -0.05) is 25.4 Å². The Morgan fingerprint density at radius 2 is 2.32 bits per heavy atom. The van der Waals surface area contributed by atoms with E-state index in [1.165, 1.54) is 4.88 Å². The van der Waals surface area contributed by atoms with Gasteiger partial charge in [-0.25, -0.2) is 0 Å². The number of halogens is 1.